The van der Waals surface area contributed by atoms with Gasteiger partial charge in [0.05, 0.1) is 22.7 Å². The summed E-state index contributed by atoms with van der Waals surface area (Å²) in [5.41, 5.74) is 6.64. The van der Waals surface area contributed by atoms with Gasteiger partial charge in [-0.25, -0.2) is 4.98 Å². The van der Waals surface area contributed by atoms with Crippen LogP contribution in [0.2, 0.25) is 5.02 Å². The van der Waals surface area contributed by atoms with Gasteiger partial charge in [0.1, 0.15) is 6.26 Å². The first kappa shape index (κ1) is 12.8. The van der Waals surface area contributed by atoms with E-state index in [1.165, 1.54) is 24.2 Å². The van der Waals surface area contributed by atoms with Gasteiger partial charge in [-0.2, -0.15) is 0 Å². The number of hydrogen-bond donors (Lipinski definition) is 2. The molecular formula is C11H10ClN3O2S. The van der Waals surface area contributed by atoms with Crippen LogP contribution in [0.3, 0.4) is 0 Å². The second-order valence-electron chi connectivity index (χ2n) is 3.37. The van der Waals surface area contributed by atoms with Crippen molar-refractivity contribution in [1.82, 2.24) is 4.98 Å². The number of aromatic nitrogens is 1. The molecule has 0 aliphatic rings. The number of halogens is 1. The van der Waals surface area contributed by atoms with Crippen LogP contribution in [0.5, 0.6) is 0 Å². The quantitative estimate of drug-likeness (QED) is 0.666. The Morgan fingerprint density at radius 1 is 1.56 bits per heavy atom. The number of rotatable bonds is 4. The number of hydrogen-bond acceptors (Lipinski definition) is 5. The average molecular weight is 284 g/mol. The predicted octanol–water partition coefficient (Wildman–Crippen LogP) is 2.64. The van der Waals surface area contributed by atoms with Crippen molar-refractivity contribution in [2.24, 2.45) is 0 Å². The molecule has 1 aromatic heterocycles. The monoisotopic (exact) mass is 283 g/mol. The molecule has 0 radical (unpaired) electrons. The Morgan fingerprint density at radius 2 is 2.39 bits per heavy atom. The van der Waals surface area contributed by atoms with E-state index in [0.29, 0.717) is 21.6 Å². The van der Waals surface area contributed by atoms with Gasteiger partial charge >= 0.3 is 0 Å². The van der Waals surface area contributed by atoms with Crippen molar-refractivity contribution in [2.75, 3.05) is 16.8 Å². The predicted molar refractivity (Wildman–Crippen MR) is 71.7 cm³/mol. The van der Waals surface area contributed by atoms with Gasteiger partial charge in [-0.1, -0.05) is 23.4 Å². The van der Waals surface area contributed by atoms with Gasteiger partial charge < -0.3 is 15.5 Å². The van der Waals surface area contributed by atoms with E-state index < -0.39 is 0 Å². The summed E-state index contributed by atoms with van der Waals surface area (Å²) in [6, 6.07) is 4.91. The number of anilines is 2. The Balaban J connectivity index is 1.91. The minimum absolute atomic E-state index is 0.190. The summed E-state index contributed by atoms with van der Waals surface area (Å²) < 4.78 is 5.00. The summed E-state index contributed by atoms with van der Waals surface area (Å²) in [6.07, 6.45) is 2.98. The highest BCUT2D eigenvalue weighted by Gasteiger charge is 2.08. The zero-order valence-corrected chi connectivity index (χ0v) is 10.8. The molecule has 0 saturated carbocycles. The Kier molecular flexibility index (Phi) is 4.11. The maximum absolute atomic E-state index is 11.7. The van der Waals surface area contributed by atoms with Crippen LogP contribution in [0.4, 0.5) is 11.4 Å². The van der Waals surface area contributed by atoms with Gasteiger partial charge in [0.15, 0.2) is 0 Å². The second-order valence-corrected chi connectivity index (χ2v) is 4.71. The molecule has 0 aliphatic heterocycles. The van der Waals surface area contributed by atoms with E-state index in [0.717, 1.165) is 0 Å². The third-order valence-corrected chi connectivity index (χ3v) is 3.17. The van der Waals surface area contributed by atoms with E-state index in [-0.39, 0.29) is 11.7 Å². The zero-order chi connectivity index (χ0) is 13.0. The summed E-state index contributed by atoms with van der Waals surface area (Å²) in [6.45, 7) is 0. The number of nitrogen functional groups attached to an aromatic ring is 1. The number of carbonyl (C=O) groups is 1. The van der Waals surface area contributed by atoms with E-state index in [1.807, 2.05) is 0 Å². The van der Waals surface area contributed by atoms with Crippen LogP contribution in [0.15, 0.2) is 40.3 Å². The van der Waals surface area contributed by atoms with Gasteiger partial charge in [0.25, 0.3) is 5.22 Å². The Morgan fingerprint density at radius 3 is 3.06 bits per heavy atom. The lowest BCUT2D eigenvalue weighted by Crippen LogP contribution is -2.14. The van der Waals surface area contributed by atoms with Crippen molar-refractivity contribution in [3.05, 3.63) is 35.7 Å². The van der Waals surface area contributed by atoms with Gasteiger partial charge in [-0.15, -0.1) is 0 Å². The van der Waals surface area contributed by atoms with Crippen LogP contribution in [0.1, 0.15) is 0 Å². The molecule has 2 aromatic rings. The number of amides is 1. The molecule has 1 amide bonds. The molecule has 0 saturated heterocycles. The second kappa shape index (κ2) is 5.79. The van der Waals surface area contributed by atoms with Crippen molar-refractivity contribution < 1.29 is 9.21 Å². The van der Waals surface area contributed by atoms with Crippen LogP contribution in [-0.2, 0) is 4.79 Å². The van der Waals surface area contributed by atoms with E-state index in [2.05, 4.69) is 10.3 Å². The number of nitrogens with two attached hydrogens (primary N) is 1. The molecule has 5 nitrogen and oxygen atoms in total. The topological polar surface area (TPSA) is 81.1 Å². The first-order valence-electron chi connectivity index (χ1n) is 5.02. The maximum atomic E-state index is 11.7. The van der Waals surface area contributed by atoms with Crippen molar-refractivity contribution in [2.45, 2.75) is 5.22 Å². The minimum atomic E-state index is -0.190. The van der Waals surface area contributed by atoms with Crippen molar-refractivity contribution in [3.8, 4) is 0 Å². The summed E-state index contributed by atoms with van der Waals surface area (Å²) >= 11 is 7.15. The summed E-state index contributed by atoms with van der Waals surface area (Å²) in [4.78, 5) is 15.6. The molecule has 0 unspecified atom stereocenters. The Bertz CT molecular complexity index is 545. The SMILES string of the molecule is Nc1ccc(NC(=O)CSc2ncco2)c(Cl)c1. The lowest BCUT2D eigenvalue weighted by atomic mass is 10.3. The first-order chi connectivity index (χ1) is 8.65. The highest BCUT2D eigenvalue weighted by molar-refractivity contribution is 7.99. The van der Waals surface area contributed by atoms with Gasteiger partial charge in [0.2, 0.25) is 5.91 Å². The number of benzene rings is 1. The number of carbonyl (C=O) groups excluding carboxylic acids is 1. The zero-order valence-electron chi connectivity index (χ0n) is 9.22. The molecule has 0 bridgehead atoms. The van der Waals surface area contributed by atoms with E-state index in [1.54, 1.807) is 18.2 Å². The van der Waals surface area contributed by atoms with Crippen molar-refractivity contribution in [3.63, 3.8) is 0 Å². The minimum Gasteiger partial charge on any atom is -0.440 e. The van der Waals surface area contributed by atoms with Crippen molar-refractivity contribution in [1.29, 1.82) is 0 Å². The number of oxazole rings is 1. The van der Waals surface area contributed by atoms with E-state index in [9.17, 15) is 4.79 Å². The molecule has 94 valence electrons. The molecule has 1 aromatic carbocycles. The molecule has 18 heavy (non-hydrogen) atoms. The molecular weight excluding hydrogens is 274 g/mol. The Hall–Kier alpha value is -1.66. The summed E-state index contributed by atoms with van der Waals surface area (Å²) in [5, 5.41) is 3.54. The van der Waals surface area contributed by atoms with Crippen LogP contribution in [0, 0.1) is 0 Å². The Labute approximate surface area is 113 Å². The van der Waals surface area contributed by atoms with E-state index in [4.69, 9.17) is 21.8 Å². The summed E-state index contributed by atoms with van der Waals surface area (Å²) in [5.74, 6) is 0.00572. The van der Waals surface area contributed by atoms with E-state index >= 15 is 0 Å². The third-order valence-electron chi connectivity index (χ3n) is 2.00. The molecule has 3 N–H and O–H groups in total. The molecule has 2 rings (SSSR count). The lowest BCUT2D eigenvalue weighted by Gasteiger charge is -2.06. The highest BCUT2D eigenvalue weighted by Crippen LogP contribution is 2.24. The standard InChI is InChI=1S/C11H10ClN3O2S/c12-8-5-7(13)1-2-9(8)15-10(16)6-18-11-14-3-4-17-11/h1-5H,6,13H2,(H,15,16). The third kappa shape index (κ3) is 3.41. The molecule has 0 fully saturated rings. The van der Waals surface area contributed by atoms with Crippen molar-refractivity contribution >= 4 is 40.6 Å². The fourth-order valence-corrected chi connectivity index (χ4v) is 2.05. The van der Waals surface area contributed by atoms with Crippen LogP contribution >= 0.6 is 23.4 Å². The number of nitrogens with one attached hydrogen (secondary N) is 1. The van der Waals surface area contributed by atoms with Crippen LogP contribution in [0.25, 0.3) is 0 Å². The maximum Gasteiger partial charge on any atom is 0.256 e. The molecule has 0 atom stereocenters. The molecule has 1 heterocycles. The van der Waals surface area contributed by atoms with Crippen LogP contribution in [-0.4, -0.2) is 16.6 Å². The van der Waals surface area contributed by atoms with Crippen LogP contribution < -0.4 is 11.1 Å². The highest BCUT2D eigenvalue weighted by atomic mass is 35.5. The molecule has 7 heteroatoms. The normalized spacial score (nSPS) is 10.3. The molecule has 0 aliphatic carbocycles. The lowest BCUT2D eigenvalue weighted by molar-refractivity contribution is -0.113. The average Bonchev–Trinajstić information content (AvgIpc) is 2.83. The van der Waals surface area contributed by atoms with Gasteiger partial charge in [0, 0.05) is 5.69 Å². The smallest absolute Gasteiger partial charge is 0.256 e. The number of thioether (sulfide) groups is 1. The van der Waals surface area contributed by atoms with Gasteiger partial charge in [-0.3, -0.25) is 4.79 Å². The largest absolute Gasteiger partial charge is 0.440 e. The van der Waals surface area contributed by atoms with Gasteiger partial charge in [-0.05, 0) is 18.2 Å². The number of nitrogens with zero attached hydrogens (tertiary/aromatic N) is 1. The molecule has 0 spiro atoms. The fraction of sp³-hybridized carbons (Fsp3) is 0.0909. The summed E-state index contributed by atoms with van der Waals surface area (Å²) in [7, 11) is 0. The first-order valence-corrected chi connectivity index (χ1v) is 6.38. The fourth-order valence-electron chi connectivity index (χ4n) is 1.23.